The van der Waals surface area contributed by atoms with Gasteiger partial charge in [0.25, 0.3) is 0 Å². The number of carbonyl (C=O) groups is 1. The fourth-order valence-electron chi connectivity index (χ4n) is 1.96. The van der Waals surface area contributed by atoms with E-state index in [-0.39, 0.29) is 24.9 Å². The molecule has 2 nitrogen and oxygen atoms in total. The van der Waals surface area contributed by atoms with Gasteiger partial charge < -0.3 is 4.74 Å². The Hall–Kier alpha value is -0.740. The Balaban J connectivity index is 2.43. The first-order chi connectivity index (χ1) is 8.16. The van der Waals surface area contributed by atoms with Crippen LogP contribution in [-0.4, -0.2) is 18.2 Å². The SMILES string of the molecule is CCC(C)(C)C(=O)OC1CCC(C(F)(F)F)CC1. The van der Waals surface area contributed by atoms with Gasteiger partial charge in [-0.1, -0.05) is 6.92 Å². The largest absolute Gasteiger partial charge is 0.462 e. The second kappa shape index (κ2) is 5.49. The summed E-state index contributed by atoms with van der Waals surface area (Å²) in [5.41, 5.74) is -0.555. The topological polar surface area (TPSA) is 26.3 Å². The van der Waals surface area contributed by atoms with Gasteiger partial charge >= 0.3 is 12.1 Å². The van der Waals surface area contributed by atoms with E-state index in [4.69, 9.17) is 4.74 Å². The zero-order valence-electron chi connectivity index (χ0n) is 11.1. The minimum Gasteiger partial charge on any atom is -0.462 e. The van der Waals surface area contributed by atoms with Gasteiger partial charge in [-0.15, -0.1) is 0 Å². The molecule has 0 atom stereocenters. The van der Waals surface area contributed by atoms with E-state index in [9.17, 15) is 18.0 Å². The number of rotatable bonds is 3. The molecule has 0 heterocycles. The van der Waals surface area contributed by atoms with Crippen molar-refractivity contribution in [2.45, 2.75) is 65.2 Å². The smallest absolute Gasteiger partial charge is 0.391 e. The standard InChI is InChI=1S/C13H21F3O2/c1-4-12(2,3)11(17)18-10-7-5-9(6-8-10)13(14,15)16/h9-10H,4-8H2,1-3H3. The zero-order chi connectivity index (χ0) is 14.0. The number of alkyl halides is 3. The Morgan fingerprint density at radius 3 is 2.06 bits per heavy atom. The van der Waals surface area contributed by atoms with Crippen LogP contribution in [0.3, 0.4) is 0 Å². The van der Waals surface area contributed by atoms with E-state index in [1.54, 1.807) is 13.8 Å². The summed E-state index contributed by atoms with van der Waals surface area (Å²) < 4.78 is 42.7. The number of carbonyl (C=O) groups excluding carboxylic acids is 1. The molecule has 0 aliphatic heterocycles. The molecular formula is C13H21F3O2. The fraction of sp³-hybridized carbons (Fsp3) is 0.923. The molecule has 0 aromatic rings. The minimum absolute atomic E-state index is 0.0635. The molecule has 18 heavy (non-hydrogen) atoms. The van der Waals surface area contributed by atoms with Crippen LogP contribution in [0.1, 0.15) is 52.9 Å². The monoisotopic (exact) mass is 266 g/mol. The summed E-state index contributed by atoms with van der Waals surface area (Å²) in [4.78, 5) is 11.8. The molecule has 1 fully saturated rings. The molecule has 0 aromatic carbocycles. The third kappa shape index (κ3) is 3.89. The Bertz CT molecular complexity index is 289. The van der Waals surface area contributed by atoms with Crippen LogP contribution in [-0.2, 0) is 9.53 Å². The first kappa shape index (κ1) is 15.3. The molecule has 0 radical (unpaired) electrons. The highest BCUT2D eigenvalue weighted by molar-refractivity contribution is 5.75. The maximum Gasteiger partial charge on any atom is 0.391 e. The summed E-state index contributed by atoms with van der Waals surface area (Å²) in [6, 6.07) is 0. The first-order valence-corrected chi connectivity index (χ1v) is 6.44. The van der Waals surface area contributed by atoms with Crippen molar-refractivity contribution in [2.24, 2.45) is 11.3 Å². The predicted octanol–water partition coefficient (Wildman–Crippen LogP) is 4.09. The van der Waals surface area contributed by atoms with Gasteiger partial charge in [0.1, 0.15) is 6.10 Å². The van der Waals surface area contributed by atoms with Crippen molar-refractivity contribution in [2.75, 3.05) is 0 Å². The molecule has 0 spiro atoms. The van der Waals surface area contributed by atoms with Crippen molar-refractivity contribution in [3.05, 3.63) is 0 Å². The third-order valence-corrected chi connectivity index (χ3v) is 3.85. The Labute approximate surface area is 106 Å². The summed E-state index contributed by atoms with van der Waals surface area (Å²) in [6.07, 6.45) is -3.05. The summed E-state index contributed by atoms with van der Waals surface area (Å²) in [6.45, 7) is 5.47. The van der Waals surface area contributed by atoms with Crippen LogP contribution in [0.4, 0.5) is 13.2 Å². The second-order valence-electron chi connectivity index (χ2n) is 5.66. The number of halogens is 3. The second-order valence-corrected chi connectivity index (χ2v) is 5.66. The summed E-state index contributed by atoms with van der Waals surface area (Å²) in [7, 11) is 0. The lowest BCUT2D eigenvalue weighted by atomic mass is 9.86. The van der Waals surface area contributed by atoms with E-state index < -0.39 is 17.5 Å². The van der Waals surface area contributed by atoms with Gasteiger partial charge in [-0.2, -0.15) is 13.2 Å². The van der Waals surface area contributed by atoms with Crippen molar-refractivity contribution in [3.63, 3.8) is 0 Å². The highest BCUT2D eigenvalue weighted by Crippen LogP contribution is 2.38. The molecule has 1 rings (SSSR count). The molecule has 1 saturated carbocycles. The Morgan fingerprint density at radius 1 is 1.17 bits per heavy atom. The maximum atomic E-state index is 12.5. The number of hydrogen-bond acceptors (Lipinski definition) is 2. The van der Waals surface area contributed by atoms with Gasteiger partial charge in [-0.05, 0) is 46.0 Å². The lowest BCUT2D eigenvalue weighted by molar-refractivity contribution is -0.190. The van der Waals surface area contributed by atoms with Crippen LogP contribution in [0.25, 0.3) is 0 Å². The molecule has 1 aliphatic rings. The van der Waals surface area contributed by atoms with Crippen LogP contribution in [0.2, 0.25) is 0 Å². The Kier molecular flexibility index (Phi) is 4.67. The van der Waals surface area contributed by atoms with E-state index in [2.05, 4.69) is 0 Å². The van der Waals surface area contributed by atoms with Crippen molar-refractivity contribution < 1.29 is 22.7 Å². The first-order valence-electron chi connectivity index (χ1n) is 6.44. The van der Waals surface area contributed by atoms with Gasteiger partial charge in [-0.25, -0.2) is 0 Å². The average Bonchev–Trinajstić information content (AvgIpc) is 2.28. The van der Waals surface area contributed by atoms with Crippen molar-refractivity contribution in [1.29, 1.82) is 0 Å². The molecule has 1 aliphatic carbocycles. The zero-order valence-corrected chi connectivity index (χ0v) is 11.1. The summed E-state index contributed by atoms with van der Waals surface area (Å²) in [5, 5.41) is 0. The third-order valence-electron chi connectivity index (χ3n) is 3.85. The quantitative estimate of drug-likeness (QED) is 0.719. The van der Waals surface area contributed by atoms with Gasteiger partial charge in [0.15, 0.2) is 0 Å². The molecule has 0 aromatic heterocycles. The minimum atomic E-state index is -4.11. The van der Waals surface area contributed by atoms with Crippen LogP contribution >= 0.6 is 0 Å². The van der Waals surface area contributed by atoms with E-state index in [1.165, 1.54) is 0 Å². The molecule has 5 heteroatoms. The molecule has 0 saturated heterocycles. The lowest BCUT2D eigenvalue weighted by Gasteiger charge is -2.31. The van der Waals surface area contributed by atoms with Crippen LogP contribution in [0, 0.1) is 11.3 Å². The van der Waals surface area contributed by atoms with E-state index in [1.807, 2.05) is 6.92 Å². The van der Waals surface area contributed by atoms with Gasteiger partial charge in [0.2, 0.25) is 0 Å². The van der Waals surface area contributed by atoms with Crippen LogP contribution in [0.15, 0.2) is 0 Å². The normalized spacial score (nSPS) is 25.9. The van der Waals surface area contributed by atoms with Gasteiger partial charge in [0, 0.05) is 0 Å². The predicted molar refractivity (Wildman–Crippen MR) is 62.0 cm³/mol. The van der Waals surface area contributed by atoms with Crippen molar-refractivity contribution in [1.82, 2.24) is 0 Å². The van der Waals surface area contributed by atoms with Crippen LogP contribution in [0.5, 0.6) is 0 Å². The maximum absolute atomic E-state index is 12.5. The van der Waals surface area contributed by atoms with E-state index in [0.717, 1.165) is 0 Å². The molecule has 0 unspecified atom stereocenters. The van der Waals surface area contributed by atoms with E-state index >= 15 is 0 Å². The molecule has 0 amide bonds. The number of hydrogen-bond donors (Lipinski definition) is 0. The highest BCUT2D eigenvalue weighted by atomic mass is 19.4. The Morgan fingerprint density at radius 2 is 1.67 bits per heavy atom. The molecule has 0 bridgehead atoms. The van der Waals surface area contributed by atoms with Gasteiger partial charge in [-0.3, -0.25) is 4.79 Å². The summed E-state index contributed by atoms with van der Waals surface area (Å²) >= 11 is 0. The van der Waals surface area contributed by atoms with Crippen molar-refractivity contribution in [3.8, 4) is 0 Å². The number of esters is 1. The highest BCUT2D eigenvalue weighted by Gasteiger charge is 2.42. The fourth-order valence-corrected chi connectivity index (χ4v) is 1.96. The molecular weight excluding hydrogens is 245 g/mol. The molecule has 0 N–H and O–H groups in total. The molecule has 106 valence electrons. The lowest BCUT2D eigenvalue weighted by Crippen LogP contribution is -2.35. The van der Waals surface area contributed by atoms with Crippen LogP contribution < -0.4 is 0 Å². The van der Waals surface area contributed by atoms with Crippen molar-refractivity contribution >= 4 is 5.97 Å². The number of ether oxygens (including phenoxy) is 1. The van der Waals surface area contributed by atoms with E-state index in [0.29, 0.717) is 19.3 Å². The average molecular weight is 266 g/mol. The summed E-state index contributed by atoms with van der Waals surface area (Å²) in [5.74, 6) is -1.54. The van der Waals surface area contributed by atoms with Gasteiger partial charge in [0.05, 0.1) is 11.3 Å².